The summed E-state index contributed by atoms with van der Waals surface area (Å²) in [7, 11) is 0. The molecule has 0 spiro atoms. The molecule has 78 valence electrons. The fraction of sp³-hybridized carbons (Fsp3) is 0.400. The largest absolute Gasteiger partial charge is 0.309 e. The molecule has 0 saturated heterocycles. The lowest BCUT2D eigenvalue weighted by Gasteiger charge is -2.01. The van der Waals surface area contributed by atoms with Gasteiger partial charge in [-0.15, -0.1) is 24.8 Å². The highest BCUT2D eigenvalue weighted by Crippen LogP contribution is 2.23. The Labute approximate surface area is 96.3 Å². The molecule has 3 rings (SSSR count). The predicted molar refractivity (Wildman–Crippen MR) is 62.0 cm³/mol. The zero-order valence-electron chi connectivity index (χ0n) is 7.80. The first-order valence-corrected chi connectivity index (χ1v) is 4.48. The van der Waals surface area contributed by atoms with Gasteiger partial charge in [-0.2, -0.15) is 0 Å². The van der Waals surface area contributed by atoms with Crippen LogP contribution in [0.4, 0.5) is 0 Å². The van der Waals surface area contributed by atoms with Crippen LogP contribution in [0, 0.1) is 0 Å². The Morgan fingerprint density at radius 2 is 0.929 bits per heavy atom. The number of halogens is 2. The Kier molecular flexibility index (Phi) is 3.78. The number of rotatable bonds is 0. The van der Waals surface area contributed by atoms with Crippen LogP contribution in [0.25, 0.3) is 0 Å². The van der Waals surface area contributed by atoms with Crippen molar-refractivity contribution in [3.63, 3.8) is 0 Å². The second-order valence-corrected chi connectivity index (χ2v) is 3.60. The molecule has 0 fully saturated rings. The molecule has 1 aromatic rings. The maximum absolute atomic E-state index is 3.37. The Morgan fingerprint density at radius 3 is 1.21 bits per heavy atom. The molecule has 0 radical (unpaired) electrons. The summed E-state index contributed by atoms with van der Waals surface area (Å²) in [6.07, 6.45) is 0. The second kappa shape index (κ2) is 4.49. The van der Waals surface area contributed by atoms with Gasteiger partial charge < -0.3 is 10.6 Å². The lowest BCUT2D eigenvalue weighted by atomic mass is 10.0. The van der Waals surface area contributed by atoms with E-state index in [1.54, 1.807) is 0 Å². The molecule has 0 unspecified atom stereocenters. The van der Waals surface area contributed by atoms with Gasteiger partial charge in [-0.1, -0.05) is 12.1 Å². The molecule has 0 saturated carbocycles. The third kappa shape index (κ3) is 1.75. The van der Waals surface area contributed by atoms with E-state index in [4.69, 9.17) is 0 Å². The quantitative estimate of drug-likeness (QED) is 0.713. The van der Waals surface area contributed by atoms with Crippen LogP contribution in [0.5, 0.6) is 0 Å². The average Bonchev–Trinajstić information content (AvgIpc) is 2.64. The molecule has 4 heteroatoms. The van der Waals surface area contributed by atoms with Gasteiger partial charge in [0.1, 0.15) is 0 Å². The average molecular weight is 233 g/mol. The van der Waals surface area contributed by atoms with Gasteiger partial charge in [0, 0.05) is 26.2 Å². The summed E-state index contributed by atoms with van der Waals surface area (Å²) in [6, 6.07) is 4.70. The van der Waals surface area contributed by atoms with E-state index in [9.17, 15) is 0 Å². The Bertz CT molecular complexity index is 279. The van der Waals surface area contributed by atoms with Crippen LogP contribution in [0.1, 0.15) is 22.3 Å². The second-order valence-electron chi connectivity index (χ2n) is 3.60. The van der Waals surface area contributed by atoms with E-state index in [1.807, 2.05) is 0 Å². The standard InChI is InChI=1S/C10H12N2.2ClH/c1-7-3-11-5-9(7)2-10-6-12-4-8(1)10;;/h1-2,11-12H,3-6H2;2*1H. The smallest absolute Gasteiger partial charge is 0.0212 e. The van der Waals surface area contributed by atoms with Crippen molar-refractivity contribution in [1.82, 2.24) is 10.6 Å². The van der Waals surface area contributed by atoms with Gasteiger partial charge in [0.2, 0.25) is 0 Å². The molecule has 2 aliphatic heterocycles. The molecule has 0 amide bonds. The van der Waals surface area contributed by atoms with E-state index < -0.39 is 0 Å². The van der Waals surface area contributed by atoms with Crippen LogP contribution in [-0.4, -0.2) is 0 Å². The molecule has 1 aromatic carbocycles. The summed E-state index contributed by atoms with van der Waals surface area (Å²) in [5.41, 5.74) is 5.99. The molecule has 2 nitrogen and oxygen atoms in total. The van der Waals surface area contributed by atoms with Crippen molar-refractivity contribution in [2.24, 2.45) is 0 Å². The minimum absolute atomic E-state index is 0. The summed E-state index contributed by atoms with van der Waals surface area (Å²) in [6.45, 7) is 4.23. The lowest BCUT2D eigenvalue weighted by Crippen LogP contribution is -2.01. The van der Waals surface area contributed by atoms with Crippen LogP contribution in [0.3, 0.4) is 0 Å². The van der Waals surface area contributed by atoms with Crippen molar-refractivity contribution in [3.05, 3.63) is 34.4 Å². The number of hydrogen-bond donors (Lipinski definition) is 2. The maximum Gasteiger partial charge on any atom is 0.0212 e. The molecular formula is C10H14Cl2N2. The zero-order chi connectivity index (χ0) is 7.97. The molecule has 0 atom stereocenters. The van der Waals surface area contributed by atoms with E-state index in [2.05, 4.69) is 22.8 Å². The highest BCUT2D eigenvalue weighted by molar-refractivity contribution is 5.85. The minimum Gasteiger partial charge on any atom is -0.309 e. The summed E-state index contributed by atoms with van der Waals surface area (Å²) < 4.78 is 0. The summed E-state index contributed by atoms with van der Waals surface area (Å²) in [4.78, 5) is 0. The summed E-state index contributed by atoms with van der Waals surface area (Å²) in [5, 5.41) is 6.74. The lowest BCUT2D eigenvalue weighted by molar-refractivity contribution is 0.753. The van der Waals surface area contributed by atoms with Gasteiger partial charge in [-0.25, -0.2) is 0 Å². The van der Waals surface area contributed by atoms with E-state index in [1.165, 1.54) is 22.3 Å². The molecule has 2 heterocycles. The fourth-order valence-electron chi connectivity index (χ4n) is 2.11. The van der Waals surface area contributed by atoms with Crippen LogP contribution in [0.2, 0.25) is 0 Å². The monoisotopic (exact) mass is 232 g/mol. The Morgan fingerprint density at radius 1 is 0.643 bits per heavy atom. The number of benzene rings is 1. The van der Waals surface area contributed by atoms with Crippen molar-refractivity contribution in [3.8, 4) is 0 Å². The molecule has 14 heavy (non-hydrogen) atoms. The van der Waals surface area contributed by atoms with E-state index >= 15 is 0 Å². The van der Waals surface area contributed by atoms with Crippen molar-refractivity contribution < 1.29 is 0 Å². The van der Waals surface area contributed by atoms with Crippen LogP contribution >= 0.6 is 24.8 Å². The van der Waals surface area contributed by atoms with Crippen molar-refractivity contribution in [1.29, 1.82) is 0 Å². The van der Waals surface area contributed by atoms with Gasteiger partial charge in [0.15, 0.2) is 0 Å². The molecule has 2 N–H and O–H groups in total. The van der Waals surface area contributed by atoms with Gasteiger partial charge in [-0.05, 0) is 22.3 Å². The topological polar surface area (TPSA) is 24.1 Å². The SMILES string of the molecule is Cl.Cl.c1c2c(cc3c1CNC3)CNC2. The third-order valence-corrected chi connectivity index (χ3v) is 2.78. The van der Waals surface area contributed by atoms with E-state index in [0.717, 1.165) is 26.2 Å². The number of hydrogen-bond acceptors (Lipinski definition) is 2. The Balaban J connectivity index is 0.000000490. The van der Waals surface area contributed by atoms with Crippen molar-refractivity contribution >= 4 is 24.8 Å². The maximum atomic E-state index is 3.37. The predicted octanol–water partition coefficient (Wildman–Crippen LogP) is 1.74. The third-order valence-electron chi connectivity index (χ3n) is 2.78. The van der Waals surface area contributed by atoms with E-state index in [0.29, 0.717) is 0 Å². The molecule has 0 aliphatic carbocycles. The van der Waals surface area contributed by atoms with Crippen LogP contribution in [0.15, 0.2) is 12.1 Å². The van der Waals surface area contributed by atoms with Gasteiger partial charge in [-0.3, -0.25) is 0 Å². The molecule has 2 aliphatic rings. The van der Waals surface area contributed by atoms with Crippen LogP contribution < -0.4 is 10.6 Å². The Hall–Kier alpha value is -0.280. The minimum atomic E-state index is 0. The molecule has 0 bridgehead atoms. The number of nitrogens with one attached hydrogen (secondary N) is 2. The zero-order valence-corrected chi connectivity index (χ0v) is 9.43. The first-order valence-electron chi connectivity index (χ1n) is 4.48. The van der Waals surface area contributed by atoms with Crippen LogP contribution in [-0.2, 0) is 26.2 Å². The van der Waals surface area contributed by atoms with Crippen molar-refractivity contribution in [2.75, 3.05) is 0 Å². The summed E-state index contributed by atoms with van der Waals surface area (Å²) >= 11 is 0. The molecular weight excluding hydrogens is 219 g/mol. The van der Waals surface area contributed by atoms with Gasteiger partial charge in [0.25, 0.3) is 0 Å². The highest BCUT2D eigenvalue weighted by Gasteiger charge is 2.16. The summed E-state index contributed by atoms with van der Waals surface area (Å²) in [5.74, 6) is 0. The first-order chi connectivity index (χ1) is 5.93. The van der Waals surface area contributed by atoms with Gasteiger partial charge in [0.05, 0.1) is 0 Å². The fourth-order valence-corrected chi connectivity index (χ4v) is 2.11. The molecule has 0 aromatic heterocycles. The van der Waals surface area contributed by atoms with E-state index in [-0.39, 0.29) is 24.8 Å². The van der Waals surface area contributed by atoms with Crippen molar-refractivity contribution in [2.45, 2.75) is 26.2 Å². The highest BCUT2D eigenvalue weighted by atomic mass is 35.5. The normalized spacial score (nSPS) is 16.6. The van der Waals surface area contributed by atoms with Gasteiger partial charge >= 0.3 is 0 Å². The first kappa shape index (κ1) is 11.8. The number of fused-ring (bicyclic) bond motifs is 2.